The summed E-state index contributed by atoms with van der Waals surface area (Å²) < 4.78 is 28.5. The molecule has 0 aliphatic rings. The first kappa shape index (κ1) is 31.1. The Kier molecular flexibility index (Phi) is 12.1. The zero-order valence-corrected chi connectivity index (χ0v) is 23.3. The molecule has 1 aromatic rings. The van der Waals surface area contributed by atoms with E-state index in [0.29, 0.717) is 17.1 Å². The number of amides is 2. The van der Waals surface area contributed by atoms with Crippen molar-refractivity contribution in [3.63, 3.8) is 0 Å². The Morgan fingerprint density at radius 2 is 1.83 bits per heavy atom. The molecule has 204 valence electrons. The lowest BCUT2D eigenvalue weighted by Crippen LogP contribution is -2.48. The summed E-state index contributed by atoms with van der Waals surface area (Å²) in [6.45, 7) is 10.9. The first-order valence-corrected chi connectivity index (χ1v) is 12.4. The number of nitrogens with zero attached hydrogens (tertiary/aromatic N) is 2. The topological polar surface area (TPSA) is 154 Å². The van der Waals surface area contributed by atoms with E-state index in [1.807, 2.05) is 20.8 Å². The lowest BCUT2D eigenvalue weighted by atomic mass is 10.1. The minimum atomic E-state index is -1.84. The minimum absolute atomic E-state index is 0.0825. The number of benzene rings is 1. The Morgan fingerprint density at radius 3 is 2.39 bits per heavy atom. The SMILES string of the molecule is COc1cc(C)c(S(=O)ONC(N)=NCCCC(NC(=O)OC(C)(C)C)C(=O)N(C)OC)c(C)c1C. The van der Waals surface area contributed by atoms with Gasteiger partial charge in [-0.3, -0.25) is 14.6 Å². The van der Waals surface area contributed by atoms with E-state index in [1.165, 1.54) is 14.2 Å². The van der Waals surface area contributed by atoms with Crippen LogP contribution in [0.1, 0.15) is 50.3 Å². The van der Waals surface area contributed by atoms with Crippen LogP contribution in [-0.4, -0.2) is 66.7 Å². The normalized spacial score (nSPS) is 13.5. The highest BCUT2D eigenvalue weighted by molar-refractivity contribution is 7.80. The van der Waals surface area contributed by atoms with Gasteiger partial charge >= 0.3 is 6.09 Å². The van der Waals surface area contributed by atoms with Crippen LogP contribution in [-0.2, 0) is 29.7 Å². The van der Waals surface area contributed by atoms with E-state index < -0.39 is 34.7 Å². The van der Waals surface area contributed by atoms with Gasteiger partial charge in [0.15, 0.2) is 0 Å². The second-order valence-corrected chi connectivity index (χ2v) is 10.1. The molecule has 0 heterocycles. The summed E-state index contributed by atoms with van der Waals surface area (Å²) in [5.74, 6) is 0.174. The average Bonchev–Trinajstić information content (AvgIpc) is 2.79. The molecule has 2 amide bonds. The Labute approximate surface area is 215 Å². The third-order valence-electron chi connectivity index (χ3n) is 5.09. The number of likely N-dealkylation sites (N-methyl/N-ethyl adjacent to an activating group) is 1. The number of nitrogens with one attached hydrogen (secondary N) is 2. The highest BCUT2D eigenvalue weighted by Crippen LogP contribution is 2.29. The quantitative estimate of drug-likeness (QED) is 0.169. The summed E-state index contributed by atoms with van der Waals surface area (Å²) in [4.78, 5) is 34.2. The fourth-order valence-electron chi connectivity index (χ4n) is 3.16. The molecule has 0 aromatic heterocycles. The van der Waals surface area contributed by atoms with Gasteiger partial charge in [0, 0.05) is 13.6 Å². The number of guanidine groups is 1. The monoisotopic (exact) mass is 529 g/mol. The largest absolute Gasteiger partial charge is 0.496 e. The van der Waals surface area contributed by atoms with Crippen molar-refractivity contribution in [1.29, 1.82) is 0 Å². The van der Waals surface area contributed by atoms with Crippen LogP contribution in [0.15, 0.2) is 16.0 Å². The van der Waals surface area contributed by atoms with Crippen molar-refractivity contribution in [2.24, 2.45) is 10.7 Å². The van der Waals surface area contributed by atoms with Crippen molar-refractivity contribution in [2.45, 2.75) is 70.9 Å². The molecule has 0 aliphatic carbocycles. The second-order valence-electron chi connectivity index (χ2n) is 9.02. The molecule has 1 aromatic carbocycles. The number of ether oxygens (including phenoxy) is 2. The maximum atomic E-state index is 12.7. The smallest absolute Gasteiger partial charge is 0.408 e. The standard InChI is InChI=1S/C23H39N5O7S/c1-14-13-18(32-8)15(2)16(3)19(14)36(31)35-27-21(24)25-12-10-11-17(20(29)28(7)33-9)26-22(30)34-23(4,5)6/h13,17H,10-12H2,1-9H3,(H,26,30)(H3,24,25,27). The molecule has 0 bridgehead atoms. The molecule has 12 nitrogen and oxygen atoms in total. The Bertz CT molecular complexity index is 979. The number of aliphatic imine (C=N–C) groups is 1. The van der Waals surface area contributed by atoms with Crippen LogP contribution >= 0.6 is 0 Å². The van der Waals surface area contributed by atoms with E-state index in [4.69, 9.17) is 24.3 Å². The van der Waals surface area contributed by atoms with Gasteiger partial charge in [-0.05, 0) is 77.1 Å². The molecule has 0 fully saturated rings. The molecular formula is C23H39N5O7S. The Hall–Kier alpha value is -2.90. The highest BCUT2D eigenvalue weighted by atomic mass is 32.2. The number of methoxy groups -OCH3 is 1. The number of hydrogen-bond donors (Lipinski definition) is 3. The zero-order valence-electron chi connectivity index (χ0n) is 22.5. The number of hydrogen-bond acceptors (Lipinski definition) is 8. The molecule has 36 heavy (non-hydrogen) atoms. The summed E-state index contributed by atoms with van der Waals surface area (Å²) >= 11 is -1.84. The van der Waals surface area contributed by atoms with Crippen LogP contribution < -0.4 is 21.3 Å². The van der Waals surface area contributed by atoms with Gasteiger partial charge in [-0.25, -0.2) is 19.5 Å². The molecule has 0 aliphatic heterocycles. The number of aryl methyl sites for hydroxylation is 1. The van der Waals surface area contributed by atoms with Crippen molar-refractivity contribution in [3.05, 3.63) is 22.8 Å². The van der Waals surface area contributed by atoms with Gasteiger partial charge in [0.05, 0.1) is 19.1 Å². The summed E-state index contributed by atoms with van der Waals surface area (Å²) in [7, 11) is 4.37. The number of nitrogens with two attached hydrogens (primary N) is 1. The van der Waals surface area contributed by atoms with E-state index in [1.54, 1.807) is 33.9 Å². The van der Waals surface area contributed by atoms with E-state index in [9.17, 15) is 13.8 Å². The summed E-state index contributed by atoms with van der Waals surface area (Å²) in [6, 6.07) is 0.905. The average molecular weight is 530 g/mol. The number of rotatable bonds is 11. The summed E-state index contributed by atoms with van der Waals surface area (Å²) in [5, 5.41) is 3.58. The molecule has 2 atom stereocenters. The van der Waals surface area contributed by atoms with Crippen molar-refractivity contribution >= 4 is 29.0 Å². The van der Waals surface area contributed by atoms with Crippen LogP contribution in [0, 0.1) is 20.8 Å². The fraction of sp³-hybridized carbons (Fsp3) is 0.609. The number of hydroxylamine groups is 3. The van der Waals surface area contributed by atoms with Crippen molar-refractivity contribution in [2.75, 3.05) is 27.8 Å². The Balaban J connectivity index is 2.71. The van der Waals surface area contributed by atoms with Gasteiger partial charge in [0.25, 0.3) is 5.91 Å². The van der Waals surface area contributed by atoms with E-state index in [0.717, 1.165) is 21.8 Å². The molecule has 0 saturated heterocycles. The highest BCUT2D eigenvalue weighted by Gasteiger charge is 2.26. The van der Waals surface area contributed by atoms with Crippen LogP contribution in [0.25, 0.3) is 0 Å². The molecule has 0 saturated carbocycles. The number of carbonyl (C=O) groups excluding carboxylic acids is 2. The first-order valence-electron chi connectivity index (χ1n) is 11.3. The Morgan fingerprint density at radius 1 is 1.19 bits per heavy atom. The van der Waals surface area contributed by atoms with E-state index >= 15 is 0 Å². The van der Waals surface area contributed by atoms with Crippen LogP contribution in [0.5, 0.6) is 5.75 Å². The van der Waals surface area contributed by atoms with Gasteiger partial charge in [0.1, 0.15) is 17.4 Å². The number of carbonyl (C=O) groups is 2. The van der Waals surface area contributed by atoms with Crippen molar-refractivity contribution in [3.8, 4) is 5.75 Å². The molecule has 0 spiro atoms. The molecule has 4 N–H and O–H groups in total. The predicted molar refractivity (Wildman–Crippen MR) is 136 cm³/mol. The van der Waals surface area contributed by atoms with Gasteiger partial charge in [-0.1, -0.05) is 0 Å². The third kappa shape index (κ3) is 9.63. The third-order valence-corrected chi connectivity index (χ3v) is 6.29. The zero-order chi connectivity index (χ0) is 27.6. The van der Waals surface area contributed by atoms with Crippen LogP contribution in [0.4, 0.5) is 4.79 Å². The van der Waals surface area contributed by atoms with Crippen molar-refractivity contribution < 1.29 is 32.4 Å². The van der Waals surface area contributed by atoms with Gasteiger partial charge in [-0.2, -0.15) is 4.28 Å². The molecule has 1 rings (SSSR count). The minimum Gasteiger partial charge on any atom is -0.496 e. The van der Waals surface area contributed by atoms with Gasteiger partial charge < -0.3 is 20.5 Å². The fourth-order valence-corrected chi connectivity index (χ4v) is 4.13. The maximum absolute atomic E-state index is 12.7. The molecule has 0 radical (unpaired) electrons. The van der Waals surface area contributed by atoms with E-state index in [2.05, 4.69) is 15.8 Å². The number of alkyl carbamates (subject to hydrolysis) is 1. The molecular weight excluding hydrogens is 490 g/mol. The predicted octanol–water partition coefficient (Wildman–Crippen LogP) is 2.17. The van der Waals surface area contributed by atoms with Gasteiger partial charge in [-0.15, -0.1) is 0 Å². The van der Waals surface area contributed by atoms with Crippen LogP contribution in [0.3, 0.4) is 0 Å². The summed E-state index contributed by atoms with van der Waals surface area (Å²) in [6.07, 6.45) is -0.0745. The van der Waals surface area contributed by atoms with Crippen molar-refractivity contribution in [1.82, 2.24) is 15.9 Å². The molecule has 2 unspecified atom stereocenters. The summed E-state index contributed by atoms with van der Waals surface area (Å²) in [5.41, 5.74) is 9.90. The lowest BCUT2D eigenvalue weighted by molar-refractivity contribution is -0.171. The molecule has 13 heteroatoms. The van der Waals surface area contributed by atoms with Gasteiger partial charge in [0.2, 0.25) is 17.0 Å². The lowest BCUT2D eigenvalue weighted by Gasteiger charge is -2.25. The van der Waals surface area contributed by atoms with Crippen LogP contribution in [0.2, 0.25) is 0 Å². The first-order chi connectivity index (χ1) is 16.7. The van der Waals surface area contributed by atoms with E-state index in [-0.39, 0.29) is 18.9 Å². The maximum Gasteiger partial charge on any atom is 0.408 e. The second kappa shape index (κ2) is 14.0.